The Morgan fingerprint density at radius 1 is 1.38 bits per heavy atom. The summed E-state index contributed by atoms with van der Waals surface area (Å²) in [5.74, 6) is -1.11. The van der Waals surface area contributed by atoms with E-state index in [1.165, 1.54) is 0 Å². The number of thiophene rings is 1. The molecular formula is C13H16N4O3S. The number of aromatic nitrogens is 3. The van der Waals surface area contributed by atoms with Gasteiger partial charge in [-0.15, -0.1) is 16.4 Å². The molecule has 1 amide bonds. The molecule has 21 heavy (non-hydrogen) atoms. The van der Waals surface area contributed by atoms with Crippen LogP contribution in [-0.2, 0) is 11.3 Å². The number of aliphatic carboxylic acids is 1. The predicted octanol–water partition coefficient (Wildman–Crippen LogP) is 1.37. The number of nitrogens with one attached hydrogen (secondary N) is 1. The minimum absolute atomic E-state index is 0.118. The van der Waals surface area contributed by atoms with Crippen LogP contribution in [0.2, 0.25) is 0 Å². The number of hydrogen-bond donors (Lipinski definition) is 2. The molecule has 0 atom stereocenters. The first-order chi connectivity index (χ1) is 10.1. The molecule has 2 N–H and O–H groups in total. The lowest BCUT2D eigenvalue weighted by atomic mass is 10.2. The largest absolute Gasteiger partial charge is 0.481 e. The minimum Gasteiger partial charge on any atom is -0.481 e. The zero-order valence-electron chi connectivity index (χ0n) is 11.4. The van der Waals surface area contributed by atoms with Crippen LogP contribution in [0.25, 0.3) is 0 Å². The third kappa shape index (κ3) is 4.99. The topological polar surface area (TPSA) is 97.1 Å². The Labute approximate surface area is 125 Å². The van der Waals surface area contributed by atoms with E-state index in [2.05, 4.69) is 15.6 Å². The van der Waals surface area contributed by atoms with E-state index in [0.29, 0.717) is 25.9 Å². The predicted molar refractivity (Wildman–Crippen MR) is 77.3 cm³/mol. The Kier molecular flexibility index (Phi) is 5.44. The van der Waals surface area contributed by atoms with Gasteiger partial charge >= 0.3 is 5.97 Å². The summed E-state index contributed by atoms with van der Waals surface area (Å²) in [5, 5.41) is 20.9. The fraction of sp³-hybridized carbons (Fsp3) is 0.385. The van der Waals surface area contributed by atoms with Crippen molar-refractivity contribution in [2.45, 2.75) is 25.8 Å². The van der Waals surface area contributed by atoms with Gasteiger partial charge in [-0.2, -0.15) is 0 Å². The lowest BCUT2D eigenvalue weighted by Crippen LogP contribution is -2.24. The van der Waals surface area contributed by atoms with Gasteiger partial charge in [-0.25, -0.2) is 4.68 Å². The molecule has 8 heteroatoms. The summed E-state index contributed by atoms with van der Waals surface area (Å²) in [6.45, 7) is 1.03. The number of unbranched alkanes of at least 4 members (excludes halogenated alkanes) is 1. The standard InChI is InChI=1S/C13H16N4O3S/c18-12(19)5-1-2-6-14-13(20)11-9-17(16-15-11)8-10-4-3-7-21-10/h3-4,7,9H,1-2,5-6,8H2,(H,14,20)(H,18,19). The maximum atomic E-state index is 11.8. The Morgan fingerprint density at radius 3 is 2.95 bits per heavy atom. The third-order valence-electron chi connectivity index (χ3n) is 2.77. The first kappa shape index (κ1) is 15.2. The Bertz CT molecular complexity index is 594. The molecule has 2 heterocycles. The average Bonchev–Trinajstić information content (AvgIpc) is 3.10. The number of carbonyl (C=O) groups is 2. The van der Waals surface area contributed by atoms with Crippen LogP contribution in [0, 0.1) is 0 Å². The number of carboxylic acids is 1. The van der Waals surface area contributed by atoms with Gasteiger partial charge in [0.1, 0.15) is 0 Å². The average molecular weight is 308 g/mol. The monoisotopic (exact) mass is 308 g/mol. The van der Waals surface area contributed by atoms with E-state index in [0.717, 1.165) is 4.88 Å². The molecule has 112 valence electrons. The van der Waals surface area contributed by atoms with E-state index in [9.17, 15) is 9.59 Å². The van der Waals surface area contributed by atoms with Gasteiger partial charge in [-0.1, -0.05) is 11.3 Å². The van der Waals surface area contributed by atoms with E-state index in [1.54, 1.807) is 22.2 Å². The van der Waals surface area contributed by atoms with Gasteiger partial charge in [0.15, 0.2) is 5.69 Å². The molecule has 0 aliphatic carbocycles. The maximum Gasteiger partial charge on any atom is 0.303 e. The van der Waals surface area contributed by atoms with E-state index < -0.39 is 5.97 Å². The van der Waals surface area contributed by atoms with Crippen LogP contribution >= 0.6 is 11.3 Å². The Hall–Kier alpha value is -2.22. The summed E-state index contributed by atoms with van der Waals surface area (Å²) in [5.41, 5.74) is 0.268. The minimum atomic E-state index is -0.821. The van der Waals surface area contributed by atoms with Crippen molar-refractivity contribution in [2.24, 2.45) is 0 Å². The normalized spacial score (nSPS) is 10.5. The Morgan fingerprint density at radius 2 is 2.24 bits per heavy atom. The number of carbonyl (C=O) groups excluding carboxylic acids is 1. The zero-order chi connectivity index (χ0) is 15.1. The van der Waals surface area contributed by atoms with Crippen molar-refractivity contribution in [3.05, 3.63) is 34.3 Å². The Balaban J connectivity index is 1.75. The molecule has 0 aliphatic rings. The SMILES string of the molecule is O=C(O)CCCCNC(=O)c1cn(Cc2cccs2)nn1. The highest BCUT2D eigenvalue weighted by atomic mass is 32.1. The van der Waals surface area contributed by atoms with E-state index in [1.807, 2.05) is 17.5 Å². The summed E-state index contributed by atoms with van der Waals surface area (Å²) in [4.78, 5) is 23.3. The number of carboxylic acid groups (broad SMARTS) is 1. The highest BCUT2D eigenvalue weighted by molar-refractivity contribution is 7.09. The van der Waals surface area contributed by atoms with Crippen molar-refractivity contribution >= 4 is 23.2 Å². The first-order valence-corrected chi connectivity index (χ1v) is 7.45. The van der Waals surface area contributed by atoms with Gasteiger partial charge in [0.05, 0.1) is 12.7 Å². The summed E-state index contributed by atoms with van der Waals surface area (Å²) < 4.78 is 1.62. The molecule has 2 aromatic heterocycles. The molecule has 0 aliphatic heterocycles. The van der Waals surface area contributed by atoms with Crippen molar-refractivity contribution in [2.75, 3.05) is 6.54 Å². The lowest BCUT2D eigenvalue weighted by molar-refractivity contribution is -0.137. The first-order valence-electron chi connectivity index (χ1n) is 6.57. The van der Waals surface area contributed by atoms with Gasteiger partial charge in [-0.3, -0.25) is 9.59 Å². The fourth-order valence-electron chi connectivity index (χ4n) is 1.74. The molecule has 0 radical (unpaired) electrons. The van der Waals surface area contributed by atoms with Crippen LogP contribution in [0.3, 0.4) is 0 Å². The summed E-state index contributed by atoms with van der Waals surface area (Å²) >= 11 is 1.62. The highest BCUT2D eigenvalue weighted by Gasteiger charge is 2.10. The van der Waals surface area contributed by atoms with Crippen molar-refractivity contribution in [3.8, 4) is 0 Å². The third-order valence-corrected chi connectivity index (χ3v) is 3.63. The molecule has 0 spiro atoms. The number of nitrogens with zero attached hydrogens (tertiary/aromatic N) is 3. The molecule has 0 unspecified atom stereocenters. The van der Waals surface area contributed by atoms with Gasteiger partial charge in [0.25, 0.3) is 5.91 Å². The van der Waals surface area contributed by atoms with E-state index in [4.69, 9.17) is 5.11 Å². The molecule has 0 saturated heterocycles. The zero-order valence-corrected chi connectivity index (χ0v) is 12.2. The molecule has 2 rings (SSSR count). The fourth-order valence-corrected chi connectivity index (χ4v) is 2.43. The van der Waals surface area contributed by atoms with Crippen LogP contribution in [-0.4, -0.2) is 38.5 Å². The van der Waals surface area contributed by atoms with Crippen LogP contribution in [0.15, 0.2) is 23.7 Å². The second kappa shape index (κ2) is 7.53. The van der Waals surface area contributed by atoms with Crippen molar-refractivity contribution < 1.29 is 14.7 Å². The van der Waals surface area contributed by atoms with Crippen LogP contribution < -0.4 is 5.32 Å². The molecule has 0 aromatic carbocycles. The molecule has 0 saturated carbocycles. The summed E-state index contributed by atoms with van der Waals surface area (Å²) in [6.07, 6.45) is 2.89. The quantitative estimate of drug-likeness (QED) is 0.718. The molecule has 0 fully saturated rings. The second-order valence-electron chi connectivity index (χ2n) is 4.49. The van der Waals surface area contributed by atoms with Crippen LogP contribution in [0.4, 0.5) is 0 Å². The summed E-state index contributed by atoms with van der Waals surface area (Å²) in [7, 11) is 0. The van der Waals surface area contributed by atoms with E-state index in [-0.39, 0.29) is 18.0 Å². The second-order valence-corrected chi connectivity index (χ2v) is 5.52. The van der Waals surface area contributed by atoms with Gasteiger partial charge in [-0.05, 0) is 24.3 Å². The van der Waals surface area contributed by atoms with Gasteiger partial charge < -0.3 is 10.4 Å². The lowest BCUT2D eigenvalue weighted by Gasteiger charge is -2.01. The summed E-state index contributed by atoms with van der Waals surface area (Å²) in [6, 6.07) is 3.95. The highest BCUT2D eigenvalue weighted by Crippen LogP contribution is 2.09. The van der Waals surface area contributed by atoms with Gasteiger partial charge in [0.2, 0.25) is 0 Å². The number of amides is 1. The van der Waals surface area contributed by atoms with Crippen molar-refractivity contribution in [3.63, 3.8) is 0 Å². The molecule has 0 bridgehead atoms. The molecule has 2 aromatic rings. The smallest absolute Gasteiger partial charge is 0.303 e. The van der Waals surface area contributed by atoms with Gasteiger partial charge in [0, 0.05) is 17.8 Å². The number of rotatable bonds is 8. The molecule has 7 nitrogen and oxygen atoms in total. The van der Waals surface area contributed by atoms with Crippen molar-refractivity contribution in [1.82, 2.24) is 20.3 Å². The van der Waals surface area contributed by atoms with E-state index >= 15 is 0 Å². The van der Waals surface area contributed by atoms with Crippen molar-refractivity contribution in [1.29, 1.82) is 0 Å². The molecular weight excluding hydrogens is 292 g/mol. The maximum absolute atomic E-state index is 11.8. The number of hydrogen-bond acceptors (Lipinski definition) is 5. The van der Waals surface area contributed by atoms with Crippen LogP contribution in [0.1, 0.15) is 34.6 Å². The van der Waals surface area contributed by atoms with Crippen LogP contribution in [0.5, 0.6) is 0 Å².